The monoisotopic (exact) mass is 286 g/mol. The Morgan fingerprint density at radius 1 is 1.25 bits per heavy atom. The smallest absolute Gasteiger partial charge is 0.314 e. The maximum absolute atomic E-state index is 11.5. The molecule has 1 heterocycles. The number of hydrogen-bond acceptors (Lipinski definition) is 4. The van der Waals surface area contributed by atoms with Crippen LogP contribution in [0.4, 0.5) is 4.79 Å². The summed E-state index contributed by atoms with van der Waals surface area (Å²) in [5, 5.41) is 17.5. The highest BCUT2D eigenvalue weighted by Gasteiger charge is 2.11. The summed E-state index contributed by atoms with van der Waals surface area (Å²) in [6.45, 7) is 7.87. The summed E-state index contributed by atoms with van der Waals surface area (Å²) in [7, 11) is 0. The van der Waals surface area contributed by atoms with E-state index in [2.05, 4.69) is 20.9 Å². The molecule has 7 nitrogen and oxygen atoms in total. The third-order valence-electron chi connectivity index (χ3n) is 3.43. The molecule has 1 atom stereocenters. The van der Waals surface area contributed by atoms with E-state index in [1.54, 1.807) is 6.92 Å². The Morgan fingerprint density at radius 2 is 1.90 bits per heavy atom. The summed E-state index contributed by atoms with van der Waals surface area (Å²) in [5.74, 6) is -1.26. The second-order valence-corrected chi connectivity index (χ2v) is 5.16. The van der Waals surface area contributed by atoms with Gasteiger partial charge >= 0.3 is 12.0 Å². The molecule has 0 saturated carbocycles. The molecule has 1 fully saturated rings. The van der Waals surface area contributed by atoms with Gasteiger partial charge in [-0.05, 0) is 19.4 Å². The lowest BCUT2D eigenvalue weighted by atomic mass is 10.1. The van der Waals surface area contributed by atoms with Crippen molar-refractivity contribution in [3.63, 3.8) is 0 Å². The van der Waals surface area contributed by atoms with Gasteiger partial charge in [-0.25, -0.2) is 4.79 Å². The van der Waals surface area contributed by atoms with Gasteiger partial charge < -0.3 is 26.0 Å². The molecule has 0 bridgehead atoms. The number of carboxylic acids is 1. The number of aliphatic carboxylic acids is 1. The average Bonchev–Trinajstić information content (AvgIpc) is 2.44. The first-order chi connectivity index (χ1) is 9.59. The molecule has 0 aromatic rings. The fraction of sp³-hybridized carbons (Fsp3) is 0.846. The molecular formula is C13H26N4O3. The van der Waals surface area contributed by atoms with Crippen LogP contribution in [0.2, 0.25) is 0 Å². The molecular weight excluding hydrogens is 260 g/mol. The molecule has 0 spiro atoms. The highest BCUT2D eigenvalue weighted by molar-refractivity contribution is 5.74. The van der Waals surface area contributed by atoms with Gasteiger partial charge in [0.2, 0.25) is 0 Å². The maximum atomic E-state index is 11.5. The van der Waals surface area contributed by atoms with Crippen LogP contribution in [0, 0.1) is 5.92 Å². The molecule has 0 aliphatic carbocycles. The Bertz CT molecular complexity index is 306. The van der Waals surface area contributed by atoms with Crippen molar-refractivity contribution in [1.29, 1.82) is 0 Å². The van der Waals surface area contributed by atoms with Gasteiger partial charge in [0.15, 0.2) is 0 Å². The van der Waals surface area contributed by atoms with E-state index in [1.165, 1.54) is 0 Å². The lowest BCUT2D eigenvalue weighted by Gasteiger charge is -2.27. The van der Waals surface area contributed by atoms with Crippen molar-refractivity contribution >= 4 is 12.0 Å². The van der Waals surface area contributed by atoms with E-state index in [0.717, 1.165) is 39.1 Å². The Labute approximate surface area is 120 Å². The number of carboxylic acid groups (broad SMARTS) is 1. The summed E-state index contributed by atoms with van der Waals surface area (Å²) >= 11 is 0. The molecule has 4 N–H and O–H groups in total. The summed E-state index contributed by atoms with van der Waals surface area (Å²) in [6, 6.07) is -0.220. The van der Waals surface area contributed by atoms with Crippen LogP contribution >= 0.6 is 0 Å². The van der Waals surface area contributed by atoms with Crippen LogP contribution in [0.3, 0.4) is 0 Å². The Hall–Kier alpha value is -1.34. The maximum Gasteiger partial charge on any atom is 0.314 e. The van der Waals surface area contributed by atoms with Gasteiger partial charge in [0.1, 0.15) is 0 Å². The minimum atomic E-state index is -0.830. The number of nitrogens with zero attached hydrogens (tertiary/aromatic N) is 1. The van der Waals surface area contributed by atoms with Gasteiger partial charge in [-0.15, -0.1) is 0 Å². The van der Waals surface area contributed by atoms with Crippen molar-refractivity contribution in [1.82, 2.24) is 20.9 Å². The van der Waals surface area contributed by atoms with Gasteiger partial charge in [-0.1, -0.05) is 6.92 Å². The van der Waals surface area contributed by atoms with Gasteiger partial charge in [-0.2, -0.15) is 0 Å². The zero-order valence-electron chi connectivity index (χ0n) is 12.2. The highest BCUT2D eigenvalue weighted by atomic mass is 16.4. The van der Waals surface area contributed by atoms with Crippen LogP contribution in [0.1, 0.15) is 19.8 Å². The number of nitrogens with one attached hydrogen (secondary N) is 3. The number of rotatable bonds is 8. The van der Waals surface area contributed by atoms with E-state index in [-0.39, 0.29) is 6.03 Å². The third kappa shape index (κ3) is 7.30. The predicted molar refractivity (Wildman–Crippen MR) is 76.7 cm³/mol. The highest BCUT2D eigenvalue weighted by Crippen LogP contribution is 1.99. The first-order valence-electron chi connectivity index (χ1n) is 7.27. The second kappa shape index (κ2) is 9.55. The lowest BCUT2D eigenvalue weighted by Crippen LogP contribution is -2.44. The number of amides is 2. The third-order valence-corrected chi connectivity index (χ3v) is 3.43. The molecule has 1 unspecified atom stereocenters. The lowest BCUT2D eigenvalue weighted by molar-refractivity contribution is -0.141. The summed E-state index contributed by atoms with van der Waals surface area (Å²) in [6.07, 6.45) is 1.38. The molecule has 2 amide bonds. The van der Waals surface area contributed by atoms with Crippen LogP contribution in [0.15, 0.2) is 0 Å². The largest absolute Gasteiger partial charge is 0.481 e. The van der Waals surface area contributed by atoms with Crippen molar-refractivity contribution in [2.75, 3.05) is 45.8 Å². The minimum absolute atomic E-state index is 0.220. The molecule has 1 saturated heterocycles. The van der Waals surface area contributed by atoms with Crippen LogP contribution < -0.4 is 16.0 Å². The average molecular weight is 286 g/mol. The van der Waals surface area contributed by atoms with Crippen LogP contribution in [-0.4, -0.2) is 67.8 Å². The Balaban J connectivity index is 1.95. The number of carbonyl (C=O) groups is 2. The van der Waals surface area contributed by atoms with Gasteiger partial charge in [-0.3, -0.25) is 4.79 Å². The molecule has 0 aromatic carbocycles. The second-order valence-electron chi connectivity index (χ2n) is 5.16. The molecule has 116 valence electrons. The summed E-state index contributed by atoms with van der Waals surface area (Å²) < 4.78 is 0. The van der Waals surface area contributed by atoms with E-state index in [4.69, 9.17) is 5.11 Å². The Kier molecular flexibility index (Phi) is 7.98. The standard InChI is InChI=1S/C13H26N4O3/c1-11(12(18)19)3-5-16-13(20)15-4-2-8-17-9-6-14-7-10-17/h11,14H,2-10H2,1H3,(H,18,19)(H2,15,16,20). The SMILES string of the molecule is CC(CCNC(=O)NCCCN1CCNCC1)C(=O)O. The summed E-state index contributed by atoms with van der Waals surface area (Å²) in [4.78, 5) is 24.4. The van der Waals surface area contributed by atoms with E-state index in [1.807, 2.05) is 0 Å². The fourth-order valence-corrected chi connectivity index (χ4v) is 2.03. The van der Waals surface area contributed by atoms with Crippen molar-refractivity contribution in [3.8, 4) is 0 Å². The van der Waals surface area contributed by atoms with Crippen molar-refractivity contribution in [2.24, 2.45) is 5.92 Å². The van der Waals surface area contributed by atoms with Gasteiger partial charge in [0, 0.05) is 39.3 Å². The molecule has 1 aliphatic rings. The van der Waals surface area contributed by atoms with Crippen LogP contribution in [-0.2, 0) is 4.79 Å². The molecule has 1 aliphatic heterocycles. The molecule has 0 aromatic heterocycles. The zero-order valence-corrected chi connectivity index (χ0v) is 12.2. The van der Waals surface area contributed by atoms with E-state index < -0.39 is 11.9 Å². The molecule has 20 heavy (non-hydrogen) atoms. The number of urea groups is 1. The van der Waals surface area contributed by atoms with Crippen molar-refractivity contribution in [2.45, 2.75) is 19.8 Å². The first kappa shape index (κ1) is 16.7. The van der Waals surface area contributed by atoms with Crippen LogP contribution in [0.25, 0.3) is 0 Å². The van der Waals surface area contributed by atoms with E-state index in [9.17, 15) is 9.59 Å². The Morgan fingerprint density at radius 3 is 2.55 bits per heavy atom. The topological polar surface area (TPSA) is 93.7 Å². The minimum Gasteiger partial charge on any atom is -0.481 e. The van der Waals surface area contributed by atoms with Gasteiger partial charge in [0.25, 0.3) is 0 Å². The fourth-order valence-electron chi connectivity index (χ4n) is 2.03. The normalized spacial score (nSPS) is 17.4. The molecule has 7 heteroatoms. The van der Waals surface area contributed by atoms with Crippen LogP contribution in [0.5, 0.6) is 0 Å². The van der Waals surface area contributed by atoms with Crippen molar-refractivity contribution in [3.05, 3.63) is 0 Å². The molecule has 1 rings (SSSR count). The number of piperazine rings is 1. The predicted octanol–water partition coefficient (Wildman–Crippen LogP) is -0.308. The summed E-state index contributed by atoms with van der Waals surface area (Å²) in [5.41, 5.74) is 0. The van der Waals surface area contributed by atoms with Gasteiger partial charge in [0.05, 0.1) is 5.92 Å². The van der Waals surface area contributed by atoms with E-state index >= 15 is 0 Å². The zero-order chi connectivity index (χ0) is 14.8. The van der Waals surface area contributed by atoms with E-state index in [0.29, 0.717) is 19.5 Å². The van der Waals surface area contributed by atoms with Crippen molar-refractivity contribution < 1.29 is 14.7 Å². The molecule has 0 radical (unpaired) electrons. The number of carbonyl (C=O) groups excluding carboxylic acids is 1. The quantitative estimate of drug-likeness (QED) is 0.459. The number of hydrogen-bond donors (Lipinski definition) is 4. The first-order valence-corrected chi connectivity index (χ1v) is 7.27.